The highest BCUT2D eigenvalue weighted by molar-refractivity contribution is 5.95. The van der Waals surface area contributed by atoms with Crippen LogP contribution >= 0.6 is 0 Å². The van der Waals surface area contributed by atoms with E-state index in [1.807, 2.05) is 30.3 Å². The third-order valence-corrected chi connectivity index (χ3v) is 4.47. The molecule has 1 heterocycles. The van der Waals surface area contributed by atoms with Gasteiger partial charge in [0.25, 0.3) is 5.91 Å². The van der Waals surface area contributed by atoms with Gasteiger partial charge >= 0.3 is 6.18 Å². The summed E-state index contributed by atoms with van der Waals surface area (Å²) in [6.45, 7) is 0.450. The van der Waals surface area contributed by atoms with Crippen LogP contribution in [0.2, 0.25) is 0 Å². The summed E-state index contributed by atoms with van der Waals surface area (Å²) < 4.78 is 45.4. The molecule has 0 N–H and O–H groups in total. The number of nitrogens with zero attached hydrogens (tertiary/aromatic N) is 1. The molecule has 1 atom stereocenters. The van der Waals surface area contributed by atoms with Gasteiger partial charge in [0.15, 0.2) is 0 Å². The maximum atomic E-state index is 13.2. The number of carbonyl (C=O) groups is 1. The monoisotopic (exact) mass is 363 g/mol. The fourth-order valence-electron chi connectivity index (χ4n) is 3.14. The quantitative estimate of drug-likeness (QED) is 0.779. The lowest BCUT2D eigenvalue weighted by atomic mass is 10.0. The van der Waals surface area contributed by atoms with Gasteiger partial charge in [-0.2, -0.15) is 13.2 Å². The Kier molecular flexibility index (Phi) is 5.49. The van der Waals surface area contributed by atoms with Crippen molar-refractivity contribution in [2.75, 3.05) is 6.54 Å². The molecule has 0 aliphatic carbocycles. The van der Waals surface area contributed by atoms with Crippen LogP contribution in [0.3, 0.4) is 0 Å². The van der Waals surface area contributed by atoms with E-state index in [0.29, 0.717) is 25.2 Å². The van der Waals surface area contributed by atoms with Crippen LogP contribution in [-0.2, 0) is 6.61 Å². The van der Waals surface area contributed by atoms with Crippen molar-refractivity contribution < 1.29 is 22.7 Å². The van der Waals surface area contributed by atoms with Crippen molar-refractivity contribution in [3.8, 4) is 5.75 Å². The van der Waals surface area contributed by atoms with Crippen molar-refractivity contribution in [2.24, 2.45) is 0 Å². The van der Waals surface area contributed by atoms with E-state index < -0.39 is 18.1 Å². The zero-order valence-corrected chi connectivity index (χ0v) is 14.2. The molecule has 1 aliphatic heterocycles. The molecular weight excluding hydrogens is 343 g/mol. The number of benzene rings is 2. The molecule has 1 amide bonds. The summed E-state index contributed by atoms with van der Waals surface area (Å²) in [6, 6.07) is 14.2. The molecule has 0 saturated carbocycles. The average molecular weight is 363 g/mol. The molecule has 3 nitrogen and oxygen atoms in total. The smallest absolute Gasteiger partial charge is 0.408 e. The summed E-state index contributed by atoms with van der Waals surface area (Å²) in [7, 11) is 0. The normalized spacial score (nSPS) is 17.8. The Bertz CT molecular complexity index is 746. The van der Waals surface area contributed by atoms with Gasteiger partial charge in [0.05, 0.1) is 0 Å². The lowest BCUT2D eigenvalue weighted by molar-refractivity contribution is -0.183. The van der Waals surface area contributed by atoms with Crippen LogP contribution in [0.1, 0.15) is 35.2 Å². The first-order chi connectivity index (χ1) is 12.4. The SMILES string of the molecule is O=C(c1cccc(OCc2ccccc2)c1)N1CCCCC1C(F)(F)F. The first-order valence-corrected chi connectivity index (χ1v) is 8.59. The number of ether oxygens (including phenoxy) is 1. The number of hydrogen-bond acceptors (Lipinski definition) is 2. The lowest BCUT2D eigenvalue weighted by Gasteiger charge is -2.36. The van der Waals surface area contributed by atoms with Crippen molar-refractivity contribution in [1.82, 2.24) is 4.90 Å². The van der Waals surface area contributed by atoms with E-state index in [0.717, 1.165) is 10.5 Å². The van der Waals surface area contributed by atoms with Gasteiger partial charge in [-0.1, -0.05) is 36.4 Å². The van der Waals surface area contributed by atoms with Gasteiger partial charge in [-0.15, -0.1) is 0 Å². The number of piperidine rings is 1. The highest BCUT2D eigenvalue weighted by atomic mass is 19.4. The zero-order chi connectivity index (χ0) is 18.6. The predicted molar refractivity (Wildman–Crippen MR) is 91.9 cm³/mol. The summed E-state index contributed by atoms with van der Waals surface area (Å²) >= 11 is 0. The van der Waals surface area contributed by atoms with Crippen LogP contribution < -0.4 is 4.74 Å². The number of amides is 1. The van der Waals surface area contributed by atoms with Crippen molar-refractivity contribution in [3.05, 3.63) is 65.7 Å². The molecule has 26 heavy (non-hydrogen) atoms. The molecule has 1 saturated heterocycles. The van der Waals surface area contributed by atoms with Gasteiger partial charge in [-0.3, -0.25) is 4.79 Å². The summed E-state index contributed by atoms with van der Waals surface area (Å²) in [4.78, 5) is 13.6. The Balaban J connectivity index is 1.73. The van der Waals surface area contributed by atoms with E-state index in [1.54, 1.807) is 12.1 Å². The molecular formula is C20H20F3NO2. The second-order valence-corrected chi connectivity index (χ2v) is 6.35. The molecule has 138 valence electrons. The number of likely N-dealkylation sites (tertiary alicyclic amines) is 1. The number of alkyl halides is 3. The van der Waals surface area contributed by atoms with E-state index in [1.165, 1.54) is 12.1 Å². The molecule has 6 heteroatoms. The molecule has 1 unspecified atom stereocenters. The van der Waals surface area contributed by atoms with Gasteiger partial charge in [-0.25, -0.2) is 0 Å². The van der Waals surface area contributed by atoms with Crippen molar-refractivity contribution >= 4 is 5.91 Å². The van der Waals surface area contributed by atoms with Crippen molar-refractivity contribution in [1.29, 1.82) is 0 Å². The Morgan fingerprint density at radius 2 is 1.85 bits per heavy atom. The summed E-state index contributed by atoms with van der Waals surface area (Å²) in [5.41, 5.74) is 1.18. The van der Waals surface area contributed by atoms with Crippen LogP contribution in [0, 0.1) is 0 Å². The first kappa shape index (κ1) is 18.3. The molecule has 0 radical (unpaired) electrons. The minimum Gasteiger partial charge on any atom is -0.489 e. The van der Waals surface area contributed by atoms with Crippen molar-refractivity contribution in [2.45, 2.75) is 38.1 Å². The third-order valence-electron chi connectivity index (χ3n) is 4.47. The van der Waals surface area contributed by atoms with E-state index >= 15 is 0 Å². The number of halogens is 3. The predicted octanol–water partition coefficient (Wildman–Crippen LogP) is 4.82. The standard InChI is InChI=1S/C20H20F3NO2/c21-20(22,23)18-11-4-5-12-24(18)19(25)16-9-6-10-17(13-16)26-14-15-7-2-1-3-8-15/h1-3,6-10,13,18H,4-5,11-12,14H2. The average Bonchev–Trinajstić information content (AvgIpc) is 2.66. The second kappa shape index (κ2) is 7.81. The van der Waals surface area contributed by atoms with Gasteiger partial charge < -0.3 is 9.64 Å². The maximum absolute atomic E-state index is 13.2. The molecule has 0 spiro atoms. The van der Waals surface area contributed by atoms with Crippen LogP contribution in [0.4, 0.5) is 13.2 Å². The molecule has 0 bridgehead atoms. The Hall–Kier alpha value is -2.50. The highest BCUT2D eigenvalue weighted by Crippen LogP contribution is 2.33. The maximum Gasteiger partial charge on any atom is 0.408 e. The number of carbonyl (C=O) groups excluding carboxylic acids is 1. The molecule has 3 rings (SSSR count). The molecule has 1 fully saturated rings. The van der Waals surface area contributed by atoms with Crippen LogP contribution in [-0.4, -0.2) is 29.6 Å². The van der Waals surface area contributed by atoms with Gasteiger partial charge in [0.1, 0.15) is 18.4 Å². The molecule has 2 aromatic carbocycles. The summed E-state index contributed by atoms with van der Waals surface area (Å²) in [5.74, 6) is -0.141. The Labute approximate surface area is 150 Å². The molecule has 2 aromatic rings. The Morgan fingerprint density at radius 3 is 2.58 bits per heavy atom. The van der Waals surface area contributed by atoms with Gasteiger partial charge in [0.2, 0.25) is 0 Å². The van der Waals surface area contributed by atoms with E-state index in [-0.39, 0.29) is 18.5 Å². The zero-order valence-electron chi connectivity index (χ0n) is 14.2. The largest absolute Gasteiger partial charge is 0.489 e. The fourth-order valence-corrected chi connectivity index (χ4v) is 3.14. The third kappa shape index (κ3) is 4.36. The topological polar surface area (TPSA) is 29.5 Å². The molecule has 1 aliphatic rings. The fraction of sp³-hybridized carbons (Fsp3) is 0.350. The molecule has 0 aromatic heterocycles. The minimum atomic E-state index is -4.41. The van der Waals surface area contributed by atoms with Crippen molar-refractivity contribution in [3.63, 3.8) is 0 Å². The number of hydrogen-bond donors (Lipinski definition) is 0. The number of rotatable bonds is 4. The van der Waals surface area contributed by atoms with Gasteiger partial charge in [-0.05, 0) is 43.0 Å². The summed E-state index contributed by atoms with van der Waals surface area (Å²) in [5, 5.41) is 0. The Morgan fingerprint density at radius 1 is 1.08 bits per heavy atom. The minimum absolute atomic E-state index is 0.0422. The van der Waals surface area contributed by atoms with E-state index in [4.69, 9.17) is 4.74 Å². The lowest BCUT2D eigenvalue weighted by Crippen LogP contribution is -2.51. The van der Waals surface area contributed by atoms with E-state index in [2.05, 4.69) is 0 Å². The van der Waals surface area contributed by atoms with Crippen LogP contribution in [0.15, 0.2) is 54.6 Å². The first-order valence-electron chi connectivity index (χ1n) is 8.59. The van der Waals surface area contributed by atoms with Crippen LogP contribution in [0.5, 0.6) is 5.75 Å². The second-order valence-electron chi connectivity index (χ2n) is 6.35. The van der Waals surface area contributed by atoms with Gasteiger partial charge in [0, 0.05) is 12.1 Å². The van der Waals surface area contributed by atoms with Crippen LogP contribution in [0.25, 0.3) is 0 Å². The van der Waals surface area contributed by atoms with E-state index in [9.17, 15) is 18.0 Å². The highest BCUT2D eigenvalue weighted by Gasteiger charge is 2.46. The summed E-state index contributed by atoms with van der Waals surface area (Å²) in [6.07, 6.45) is -3.38.